The van der Waals surface area contributed by atoms with Crippen molar-refractivity contribution in [3.05, 3.63) is 21.6 Å². The van der Waals surface area contributed by atoms with E-state index in [2.05, 4.69) is 19.9 Å². The standard InChI is InChI=1S/C10H10N4O3S2/c1-2-6-8(19-14-13-6)9(17)12-10-11-5(4-18-10)3-7(15)16/h4H,2-3H2,1H3,(H,15,16)(H,11,12,17). The smallest absolute Gasteiger partial charge is 0.309 e. The van der Waals surface area contributed by atoms with Crippen molar-refractivity contribution in [3.63, 3.8) is 0 Å². The molecular weight excluding hydrogens is 288 g/mol. The Balaban J connectivity index is 2.07. The fraction of sp³-hybridized carbons (Fsp3) is 0.300. The van der Waals surface area contributed by atoms with Crippen LogP contribution in [0.3, 0.4) is 0 Å². The molecule has 19 heavy (non-hydrogen) atoms. The molecule has 0 spiro atoms. The van der Waals surface area contributed by atoms with Gasteiger partial charge in [-0.1, -0.05) is 11.4 Å². The van der Waals surface area contributed by atoms with Crippen molar-refractivity contribution in [2.75, 3.05) is 5.32 Å². The lowest BCUT2D eigenvalue weighted by atomic mass is 10.3. The lowest BCUT2D eigenvalue weighted by Crippen LogP contribution is -2.12. The van der Waals surface area contributed by atoms with Gasteiger partial charge in [0, 0.05) is 5.38 Å². The van der Waals surface area contributed by atoms with Crippen molar-refractivity contribution in [1.29, 1.82) is 0 Å². The van der Waals surface area contributed by atoms with Gasteiger partial charge >= 0.3 is 5.97 Å². The zero-order valence-electron chi connectivity index (χ0n) is 9.91. The quantitative estimate of drug-likeness (QED) is 0.865. The van der Waals surface area contributed by atoms with Gasteiger partial charge in [-0.05, 0) is 18.0 Å². The Hall–Kier alpha value is -1.87. The number of carbonyl (C=O) groups excluding carboxylic acids is 1. The second-order valence-corrected chi connectivity index (χ2v) is 5.18. The van der Waals surface area contributed by atoms with Crippen molar-refractivity contribution in [2.24, 2.45) is 0 Å². The molecule has 7 nitrogen and oxygen atoms in total. The predicted octanol–water partition coefficient (Wildman–Crippen LogP) is 1.44. The summed E-state index contributed by atoms with van der Waals surface area (Å²) in [5.74, 6) is -1.27. The van der Waals surface area contributed by atoms with E-state index in [1.54, 1.807) is 5.38 Å². The van der Waals surface area contributed by atoms with E-state index in [0.717, 1.165) is 11.5 Å². The van der Waals surface area contributed by atoms with E-state index in [9.17, 15) is 9.59 Å². The van der Waals surface area contributed by atoms with Crippen LogP contribution in [-0.2, 0) is 17.6 Å². The van der Waals surface area contributed by atoms with E-state index in [4.69, 9.17) is 5.11 Å². The highest BCUT2D eigenvalue weighted by atomic mass is 32.1. The molecule has 0 aliphatic heterocycles. The molecule has 0 bridgehead atoms. The van der Waals surface area contributed by atoms with Gasteiger partial charge in [-0.25, -0.2) is 4.98 Å². The molecular formula is C10H10N4O3S2. The maximum atomic E-state index is 12.0. The largest absolute Gasteiger partial charge is 0.481 e. The van der Waals surface area contributed by atoms with Gasteiger partial charge in [-0.15, -0.1) is 16.4 Å². The zero-order chi connectivity index (χ0) is 13.8. The Morgan fingerprint density at radius 3 is 2.95 bits per heavy atom. The number of aliphatic carboxylic acids is 1. The van der Waals surface area contributed by atoms with Crippen LogP contribution >= 0.6 is 22.9 Å². The van der Waals surface area contributed by atoms with Gasteiger partial charge in [-0.3, -0.25) is 14.9 Å². The Morgan fingerprint density at radius 1 is 1.47 bits per heavy atom. The number of aryl methyl sites for hydroxylation is 1. The minimum Gasteiger partial charge on any atom is -0.481 e. The molecule has 2 rings (SSSR count). The second-order valence-electron chi connectivity index (χ2n) is 3.57. The summed E-state index contributed by atoms with van der Waals surface area (Å²) in [7, 11) is 0. The van der Waals surface area contributed by atoms with E-state index in [-0.39, 0.29) is 12.3 Å². The number of hydrogen-bond acceptors (Lipinski definition) is 7. The summed E-state index contributed by atoms with van der Waals surface area (Å²) < 4.78 is 3.74. The molecule has 0 unspecified atom stereocenters. The number of nitrogens with zero attached hydrogens (tertiary/aromatic N) is 3. The van der Waals surface area contributed by atoms with Gasteiger partial charge in [0.05, 0.1) is 17.8 Å². The number of carboxylic acids is 1. The van der Waals surface area contributed by atoms with Gasteiger partial charge in [0.15, 0.2) is 5.13 Å². The maximum absolute atomic E-state index is 12.0. The number of hydrogen-bond donors (Lipinski definition) is 2. The minimum absolute atomic E-state index is 0.158. The normalized spacial score (nSPS) is 10.4. The summed E-state index contributed by atoms with van der Waals surface area (Å²) in [5.41, 5.74) is 1.07. The lowest BCUT2D eigenvalue weighted by molar-refractivity contribution is -0.136. The fourth-order valence-electron chi connectivity index (χ4n) is 1.37. The Labute approximate surface area is 116 Å². The summed E-state index contributed by atoms with van der Waals surface area (Å²) in [4.78, 5) is 27.0. The Morgan fingerprint density at radius 2 is 2.26 bits per heavy atom. The third kappa shape index (κ3) is 3.32. The molecule has 100 valence electrons. The SMILES string of the molecule is CCc1nnsc1C(=O)Nc1nc(CC(=O)O)cs1. The third-order valence-electron chi connectivity index (χ3n) is 2.20. The number of aromatic nitrogens is 3. The first-order valence-corrected chi connectivity index (χ1v) is 7.04. The van der Waals surface area contributed by atoms with Crippen molar-refractivity contribution >= 4 is 39.9 Å². The number of amides is 1. The average molecular weight is 298 g/mol. The number of carbonyl (C=O) groups is 2. The first kappa shape index (κ1) is 13.6. The van der Waals surface area contributed by atoms with Crippen LogP contribution < -0.4 is 5.32 Å². The Kier molecular flexibility index (Phi) is 4.17. The Bertz CT molecular complexity index is 607. The first-order valence-electron chi connectivity index (χ1n) is 5.39. The van der Waals surface area contributed by atoms with Crippen LogP contribution in [0.2, 0.25) is 0 Å². The molecule has 2 N–H and O–H groups in total. The number of rotatable bonds is 5. The van der Waals surface area contributed by atoms with Gasteiger partial charge in [0.2, 0.25) is 0 Å². The van der Waals surface area contributed by atoms with Crippen molar-refractivity contribution in [2.45, 2.75) is 19.8 Å². The second kappa shape index (κ2) is 5.85. The summed E-state index contributed by atoms with van der Waals surface area (Å²) in [6, 6.07) is 0. The predicted molar refractivity (Wildman–Crippen MR) is 70.7 cm³/mol. The van der Waals surface area contributed by atoms with Crippen molar-refractivity contribution in [3.8, 4) is 0 Å². The monoisotopic (exact) mass is 298 g/mol. The van der Waals surface area contributed by atoms with Gasteiger partial charge in [0.1, 0.15) is 4.88 Å². The summed E-state index contributed by atoms with van der Waals surface area (Å²) in [6.07, 6.45) is 0.468. The topological polar surface area (TPSA) is 105 Å². The van der Waals surface area contributed by atoms with Crippen molar-refractivity contribution in [1.82, 2.24) is 14.6 Å². The highest BCUT2D eigenvalue weighted by Crippen LogP contribution is 2.19. The molecule has 0 radical (unpaired) electrons. The number of thiazole rings is 1. The molecule has 0 aliphatic carbocycles. The van der Waals surface area contributed by atoms with Gasteiger partial charge < -0.3 is 5.11 Å². The van der Waals surface area contributed by atoms with E-state index >= 15 is 0 Å². The molecule has 0 saturated carbocycles. The average Bonchev–Trinajstić information content (AvgIpc) is 2.96. The summed E-state index contributed by atoms with van der Waals surface area (Å²) in [5, 5.41) is 17.1. The molecule has 0 atom stereocenters. The van der Waals surface area contributed by atoms with Crippen LogP contribution in [-0.4, -0.2) is 31.6 Å². The summed E-state index contributed by atoms with van der Waals surface area (Å²) >= 11 is 2.22. The van der Waals surface area contributed by atoms with Gasteiger partial charge in [-0.2, -0.15) is 0 Å². The highest BCUT2D eigenvalue weighted by molar-refractivity contribution is 7.14. The lowest BCUT2D eigenvalue weighted by Gasteiger charge is -1.99. The van der Waals surface area contributed by atoms with E-state index < -0.39 is 5.97 Å². The van der Waals surface area contributed by atoms with Crippen LogP contribution in [0.5, 0.6) is 0 Å². The van der Waals surface area contributed by atoms with E-state index in [1.165, 1.54) is 11.3 Å². The molecule has 9 heteroatoms. The number of anilines is 1. The molecule has 0 fully saturated rings. The molecule has 0 aromatic carbocycles. The van der Waals surface area contributed by atoms with Crippen LogP contribution in [0.4, 0.5) is 5.13 Å². The molecule has 0 saturated heterocycles. The van der Waals surface area contributed by atoms with E-state index in [0.29, 0.717) is 27.8 Å². The number of carboxylic acid groups (broad SMARTS) is 1. The van der Waals surface area contributed by atoms with Crippen LogP contribution in [0.15, 0.2) is 5.38 Å². The molecule has 0 aliphatic rings. The minimum atomic E-state index is -0.955. The fourth-order valence-corrected chi connectivity index (χ4v) is 2.72. The van der Waals surface area contributed by atoms with Crippen LogP contribution in [0, 0.1) is 0 Å². The first-order chi connectivity index (χ1) is 9.10. The maximum Gasteiger partial charge on any atom is 0.309 e. The summed E-state index contributed by atoms with van der Waals surface area (Å²) in [6.45, 7) is 1.89. The molecule has 1 amide bonds. The zero-order valence-corrected chi connectivity index (χ0v) is 11.5. The highest BCUT2D eigenvalue weighted by Gasteiger charge is 2.16. The van der Waals surface area contributed by atoms with Crippen LogP contribution in [0.1, 0.15) is 28.0 Å². The molecule has 2 aromatic rings. The van der Waals surface area contributed by atoms with Gasteiger partial charge in [0.25, 0.3) is 5.91 Å². The van der Waals surface area contributed by atoms with Crippen LogP contribution in [0.25, 0.3) is 0 Å². The third-order valence-corrected chi connectivity index (χ3v) is 3.77. The number of nitrogens with one attached hydrogen (secondary N) is 1. The molecule has 2 heterocycles. The molecule has 2 aromatic heterocycles. The van der Waals surface area contributed by atoms with Crippen molar-refractivity contribution < 1.29 is 14.7 Å². The van der Waals surface area contributed by atoms with E-state index in [1.807, 2.05) is 6.92 Å².